The predicted molar refractivity (Wildman–Crippen MR) is 79.1 cm³/mol. The van der Waals surface area contributed by atoms with Gasteiger partial charge in [0.05, 0.1) is 0 Å². The molecule has 0 aromatic rings. The van der Waals surface area contributed by atoms with E-state index in [0.717, 1.165) is 0 Å². The molecule has 0 N–H and O–H groups in total. The molecule has 98 valence electrons. The number of halogens is 5. The molecule has 1 aliphatic rings. The second-order valence-corrected chi connectivity index (χ2v) is 8.97. The molecule has 0 saturated heterocycles. The van der Waals surface area contributed by atoms with E-state index in [1.807, 2.05) is 18.5 Å². The Balaban J connectivity index is 3.27. The van der Waals surface area contributed by atoms with Gasteiger partial charge in [-0.1, -0.05) is 48.7 Å². The molecule has 0 fully saturated rings. The van der Waals surface area contributed by atoms with Crippen molar-refractivity contribution in [3.63, 3.8) is 0 Å². The van der Waals surface area contributed by atoms with Crippen LogP contribution in [0.15, 0.2) is 14.5 Å². The maximum Gasteiger partial charge on any atom is 0.250 e. The van der Waals surface area contributed by atoms with Gasteiger partial charge in [0, 0.05) is 13.1 Å². The van der Waals surface area contributed by atoms with Crippen molar-refractivity contribution in [3.8, 4) is 0 Å². The van der Waals surface area contributed by atoms with Crippen LogP contribution in [0.5, 0.6) is 0 Å². The molecular formula is C7H10Cl5N4P. The van der Waals surface area contributed by atoms with E-state index < -0.39 is 10.5 Å². The van der Waals surface area contributed by atoms with Gasteiger partial charge in [-0.05, 0) is 22.8 Å². The molecule has 0 saturated carbocycles. The van der Waals surface area contributed by atoms with Crippen LogP contribution in [0.3, 0.4) is 0 Å². The maximum absolute atomic E-state index is 6.38. The monoisotopic (exact) mass is 356 g/mol. The second kappa shape index (κ2) is 5.96. The number of rotatable bonds is 3. The lowest BCUT2D eigenvalue weighted by atomic mass is 10.7. The summed E-state index contributed by atoms with van der Waals surface area (Å²) in [5.41, 5.74) is 0. The van der Waals surface area contributed by atoms with Crippen molar-refractivity contribution >= 4 is 75.5 Å². The second-order valence-electron chi connectivity index (χ2n) is 3.04. The van der Waals surface area contributed by atoms with Crippen molar-refractivity contribution in [2.45, 2.75) is 17.6 Å². The van der Waals surface area contributed by atoms with E-state index in [2.05, 4.69) is 14.5 Å². The van der Waals surface area contributed by atoms with Gasteiger partial charge in [-0.25, -0.2) is 4.67 Å². The Kier molecular flexibility index (Phi) is 5.62. The van der Waals surface area contributed by atoms with Crippen molar-refractivity contribution in [2.75, 3.05) is 13.1 Å². The highest BCUT2D eigenvalue weighted by Gasteiger charge is 2.35. The van der Waals surface area contributed by atoms with Crippen LogP contribution < -0.4 is 0 Å². The molecular weight excluding hydrogens is 348 g/mol. The Morgan fingerprint density at radius 3 is 2.18 bits per heavy atom. The summed E-state index contributed by atoms with van der Waals surface area (Å²) in [4.78, 5) is 3.79. The van der Waals surface area contributed by atoms with E-state index in [9.17, 15) is 0 Å². The van der Waals surface area contributed by atoms with E-state index in [4.69, 9.17) is 57.6 Å². The summed E-state index contributed by atoms with van der Waals surface area (Å²) in [5, 5.41) is -0.0449. The van der Waals surface area contributed by atoms with Crippen LogP contribution in [0.2, 0.25) is 0 Å². The zero-order chi connectivity index (χ0) is 13.3. The number of hydrogen-bond donors (Lipinski definition) is 0. The van der Waals surface area contributed by atoms with E-state index >= 15 is 0 Å². The summed E-state index contributed by atoms with van der Waals surface area (Å²) in [6, 6.07) is 0. The summed E-state index contributed by atoms with van der Waals surface area (Å²) < 4.78 is 8.34. The zero-order valence-electron chi connectivity index (χ0n) is 9.04. The first-order chi connectivity index (χ1) is 7.73. The van der Waals surface area contributed by atoms with Crippen LogP contribution in [0, 0.1) is 0 Å². The summed E-state index contributed by atoms with van der Waals surface area (Å²) in [6.07, 6.45) is 0. The van der Waals surface area contributed by atoms with Crippen LogP contribution in [0.25, 0.3) is 0 Å². The van der Waals surface area contributed by atoms with Gasteiger partial charge in [-0.15, -0.1) is 0 Å². The van der Waals surface area contributed by atoms with Crippen LogP contribution in [-0.4, -0.2) is 32.7 Å². The van der Waals surface area contributed by atoms with Crippen LogP contribution in [-0.2, 0) is 0 Å². The third-order valence-corrected chi connectivity index (χ3v) is 6.04. The third kappa shape index (κ3) is 3.97. The van der Waals surface area contributed by atoms with Crippen molar-refractivity contribution in [1.29, 1.82) is 0 Å². The minimum atomic E-state index is -2.68. The number of aliphatic imine (C=N–C) groups is 1. The Hall–Kier alpha value is 0.980. The van der Waals surface area contributed by atoms with Crippen LogP contribution >= 0.6 is 64.4 Å². The van der Waals surface area contributed by atoms with E-state index in [1.54, 1.807) is 0 Å². The number of alkyl halides is 3. The van der Waals surface area contributed by atoms with Crippen molar-refractivity contribution in [3.05, 3.63) is 0 Å². The molecule has 0 radical (unpaired) electrons. The molecule has 1 atom stereocenters. The van der Waals surface area contributed by atoms with Gasteiger partial charge < -0.3 is 0 Å². The van der Waals surface area contributed by atoms with Crippen LogP contribution in [0.1, 0.15) is 13.8 Å². The number of nitrogens with zero attached hydrogens (tertiary/aromatic N) is 4. The number of hydrogen-bond acceptors (Lipinski definition) is 4. The van der Waals surface area contributed by atoms with Gasteiger partial charge in [0.15, 0.2) is 5.84 Å². The summed E-state index contributed by atoms with van der Waals surface area (Å²) in [7, 11) is 0. The summed E-state index contributed by atoms with van der Waals surface area (Å²) in [6.45, 7) is 2.53. The molecule has 0 spiro atoms. The largest absolute Gasteiger partial charge is 0.250 e. The fourth-order valence-electron chi connectivity index (χ4n) is 1.21. The first kappa shape index (κ1) is 16.0. The summed E-state index contributed by atoms with van der Waals surface area (Å²) in [5.74, 6) is -0.0299. The molecule has 0 aromatic carbocycles. The lowest BCUT2D eigenvalue weighted by Gasteiger charge is -2.28. The highest BCUT2D eigenvalue weighted by molar-refractivity contribution is 7.88. The first-order valence-corrected chi connectivity index (χ1v) is 8.78. The SMILES string of the molecule is CCN(CC)P1(Cl)=NC(Cl)=NC(C(Cl)(Cl)Cl)=N1. The molecule has 1 heterocycles. The van der Waals surface area contributed by atoms with Gasteiger partial charge in [-0.2, -0.15) is 14.5 Å². The highest BCUT2D eigenvalue weighted by atomic mass is 35.7. The normalized spacial score (nSPS) is 25.4. The number of amidine groups is 2. The molecule has 0 bridgehead atoms. The molecule has 0 aromatic heterocycles. The standard InChI is InChI=1S/C7H10Cl5N4P/c1-3-16(4-2)17(12)14-5(7(9,10)11)13-6(8)15-17/h3-4H2,1-2H3. The molecule has 0 aliphatic carbocycles. The lowest BCUT2D eigenvalue weighted by Crippen LogP contribution is -2.23. The third-order valence-electron chi connectivity index (χ3n) is 1.97. The lowest BCUT2D eigenvalue weighted by molar-refractivity contribution is 0.507. The smallest absolute Gasteiger partial charge is 0.240 e. The van der Waals surface area contributed by atoms with Crippen molar-refractivity contribution in [1.82, 2.24) is 4.67 Å². The predicted octanol–water partition coefficient (Wildman–Crippen LogP) is 4.89. The summed E-state index contributed by atoms with van der Waals surface area (Å²) >= 11 is 29.4. The molecule has 1 unspecified atom stereocenters. The molecule has 0 amide bonds. The molecule has 1 aliphatic heterocycles. The van der Waals surface area contributed by atoms with Gasteiger partial charge in [0.2, 0.25) is 15.8 Å². The van der Waals surface area contributed by atoms with Gasteiger partial charge in [0.25, 0.3) is 0 Å². The molecule has 17 heavy (non-hydrogen) atoms. The average Bonchev–Trinajstić information content (AvgIpc) is 2.16. The molecule has 4 nitrogen and oxygen atoms in total. The Morgan fingerprint density at radius 2 is 1.76 bits per heavy atom. The minimum Gasteiger partial charge on any atom is -0.240 e. The quantitative estimate of drug-likeness (QED) is 0.402. The first-order valence-electron chi connectivity index (χ1n) is 4.72. The van der Waals surface area contributed by atoms with E-state index in [-0.39, 0.29) is 11.1 Å². The Morgan fingerprint density at radius 1 is 1.24 bits per heavy atom. The van der Waals surface area contributed by atoms with E-state index in [0.29, 0.717) is 13.1 Å². The van der Waals surface area contributed by atoms with Gasteiger partial charge >= 0.3 is 0 Å². The minimum absolute atomic E-state index is 0.0299. The van der Waals surface area contributed by atoms with Crippen molar-refractivity contribution < 1.29 is 0 Å². The zero-order valence-corrected chi connectivity index (χ0v) is 13.7. The Bertz CT molecular complexity index is 409. The Labute approximate surface area is 125 Å². The topological polar surface area (TPSA) is 40.3 Å². The fourth-order valence-corrected chi connectivity index (χ4v) is 4.93. The van der Waals surface area contributed by atoms with Gasteiger partial charge in [-0.3, -0.25) is 0 Å². The maximum atomic E-state index is 6.38. The average molecular weight is 358 g/mol. The highest BCUT2D eigenvalue weighted by Crippen LogP contribution is 2.62. The molecule has 1 rings (SSSR count). The van der Waals surface area contributed by atoms with Crippen molar-refractivity contribution in [2.24, 2.45) is 14.5 Å². The van der Waals surface area contributed by atoms with E-state index in [1.165, 1.54) is 0 Å². The molecule has 10 heteroatoms. The van der Waals surface area contributed by atoms with Crippen LogP contribution in [0.4, 0.5) is 0 Å². The van der Waals surface area contributed by atoms with Gasteiger partial charge in [0.1, 0.15) is 0 Å². The fraction of sp³-hybridized carbons (Fsp3) is 0.714.